The minimum Gasteiger partial charge on any atom is -0.468 e. The van der Waals surface area contributed by atoms with Crippen LogP contribution in [0.1, 0.15) is 26.2 Å². The molecular weight excluding hydrogens is 332 g/mol. The fourth-order valence-corrected chi connectivity index (χ4v) is 3.30. The van der Waals surface area contributed by atoms with E-state index in [1.54, 1.807) is 11.6 Å². The molecule has 0 N–H and O–H groups in total. The van der Waals surface area contributed by atoms with Gasteiger partial charge in [-0.2, -0.15) is 0 Å². The van der Waals surface area contributed by atoms with Crippen LogP contribution >= 0.6 is 11.8 Å². The number of hydrogen-bond acceptors (Lipinski definition) is 6. The first kappa shape index (κ1) is 18.3. The molecule has 0 aromatic carbocycles. The number of aryl methyl sites for hydroxylation is 2. The van der Waals surface area contributed by atoms with E-state index in [2.05, 4.69) is 16.6 Å². The number of imidazole rings is 1. The third-order valence-corrected chi connectivity index (χ3v) is 4.79. The molecule has 132 valence electrons. The van der Waals surface area contributed by atoms with Crippen molar-refractivity contribution in [1.82, 2.24) is 18.7 Å². The van der Waals surface area contributed by atoms with Crippen LogP contribution in [0, 0.1) is 0 Å². The van der Waals surface area contributed by atoms with Gasteiger partial charge in [0.2, 0.25) is 0 Å². The standard InChI is InChI=1S/C15H22N4O4S/c1-5-6-7-8-19-11-12(16-14(19)24-9-10(20)23-4)17(2)15(22)18(3)13(11)21/h5-9H2,1-4H3. The summed E-state index contributed by atoms with van der Waals surface area (Å²) in [5.74, 6) is -0.268. The molecule has 0 saturated heterocycles. The van der Waals surface area contributed by atoms with Gasteiger partial charge >= 0.3 is 11.7 Å². The smallest absolute Gasteiger partial charge is 0.332 e. The molecule has 2 heterocycles. The molecule has 2 aromatic rings. The molecule has 0 unspecified atom stereocenters. The lowest BCUT2D eigenvalue weighted by Gasteiger charge is -2.08. The fourth-order valence-electron chi connectivity index (χ4n) is 2.45. The lowest BCUT2D eigenvalue weighted by molar-refractivity contribution is -0.137. The van der Waals surface area contributed by atoms with Gasteiger partial charge in [0.25, 0.3) is 5.56 Å². The molecule has 2 aromatic heterocycles. The highest BCUT2D eigenvalue weighted by Crippen LogP contribution is 2.22. The van der Waals surface area contributed by atoms with Crippen molar-refractivity contribution in [3.8, 4) is 0 Å². The second-order valence-corrected chi connectivity index (χ2v) is 6.44. The van der Waals surface area contributed by atoms with E-state index in [1.807, 2.05) is 0 Å². The Morgan fingerprint density at radius 2 is 1.92 bits per heavy atom. The summed E-state index contributed by atoms with van der Waals surface area (Å²) < 4.78 is 8.89. The first-order chi connectivity index (χ1) is 11.4. The van der Waals surface area contributed by atoms with Gasteiger partial charge in [0, 0.05) is 20.6 Å². The normalized spacial score (nSPS) is 11.2. The van der Waals surface area contributed by atoms with Crippen molar-refractivity contribution in [1.29, 1.82) is 0 Å². The molecule has 0 atom stereocenters. The van der Waals surface area contributed by atoms with Gasteiger partial charge in [-0.1, -0.05) is 31.5 Å². The Labute approximate surface area is 143 Å². The SMILES string of the molecule is CCCCCn1c(SCC(=O)OC)nc2c1c(=O)n(C)c(=O)n2C. The average molecular weight is 354 g/mol. The minimum atomic E-state index is -0.421. The van der Waals surface area contributed by atoms with Gasteiger partial charge in [0.15, 0.2) is 16.3 Å². The van der Waals surface area contributed by atoms with Crippen LogP contribution in [-0.4, -0.2) is 37.5 Å². The van der Waals surface area contributed by atoms with E-state index in [-0.39, 0.29) is 17.3 Å². The summed E-state index contributed by atoms with van der Waals surface area (Å²) in [4.78, 5) is 40.5. The molecule has 8 nitrogen and oxygen atoms in total. The predicted molar refractivity (Wildman–Crippen MR) is 92.5 cm³/mol. The first-order valence-electron chi connectivity index (χ1n) is 7.78. The molecule has 9 heteroatoms. The maximum Gasteiger partial charge on any atom is 0.332 e. The summed E-state index contributed by atoms with van der Waals surface area (Å²) in [5, 5.41) is 0.546. The first-order valence-corrected chi connectivity index (χ1v) is 8.76. The van der Waals surface area contributed by atoms with Gasteiger partial charge in [-0.05, 0) is 6.42 Å². The molecule has 0 saturated carbocycles. The predicted octanol–water partition coefficient (Wildman–Crippen LogP) is 0.889. The molecule has 0 amide bonds. The van der Waals surface area contributed by atoms with Gasteiger partial charge in [-0.15, -0.1) is 0 Å². The third-order valence-electron chi connectivity index (χ3n) is 3.85. The number of nitrogens with zero attached hydrogens (tertiary/aromatic N) is 4. The van der Waals surface area contributed by atoms with E-state index >= 15 is 0 Å². The number of rotatable bonds is 7. The summed E-state index contributed by atoms with van der Waals surface area (Å²) in [7, 11) is 4.36. The van der Waals surface area contributed by atoms with Gasteiger partial charge < -0.3 is 9.30 Å². The highest BCUT2D eigenvalue weighted by molar-refractivity contribution is 7.99. The van der Waals surface area contributed by atoms with Gasteiger partial charge in [-0.25, -0.2) is 9.78 Å². The largest absolute Gasteiger partial charge is 0.468 e. The van der Waals surface area contributed by atoms with Gasteiger partial charge in [0.05, 0.1) is 12.9 Å². The van der Waals surface area contributed by atoms with Gasteiger partial charge in [0.1, 0.15) is 0 Å². The Kier molecular flexibility index (Phi) is 5.87. The topological polar surface area (TPSA) is 88.1 Å². The van der Waals surface area contributed by atoms with E-state index in [0.717, 1.165) is 23.8 Å². The Bertz CT molecular complexity index is 865. The summed E-state index contributed by atoms with van der Waals surface area (Å²) in [6.45, 7) is 2.71. The summed E-state index contributed by atoms with van der Waals surface area (Å²) in [6, 6.07) is 0. The lowest BCUT2D eigenvalue weighted by atomic mass is 10.2. The molecule has 0 radical (unpaired) electrons. The van der Waals surface area contributed by atoms with Crippen LogP contribution < -0.4 is 11.2 Å². The Balaban J connectivity index is 2.58. The summed E-state index contributed by atoms with van der Waals surface area (Å²) in [6.07, 6.45) is 2.96. The Morgan fingerprint density at radius 3 is 2.54 bits per heavy atom. The fraction of sp³-hybridized carbons (Fsp3) is 0.600. The van der Waals surface area contributed by atoms with E-state index in [4.69, 9.17) is 0 Å². The van der Waals surface area contributed by atoms with Crippen LogP contribution in [0.25, 0.3) is 11.2 Å². The van der Waals surface area contributed by atoms with Crippen LogP contribution in [0.15, 0.2) is 14.7 Å². The number of carbonyl (C=O) groups excluding carboxylic acids is 1. The number of unbranched alkanes of at least 4 members (excludes halogenated alkanes) is 2. The quantitative estimate of drug-likeness (QED) is 0.417. The highest BCUT2D eigenvalue weighted by atomic mass is 32.2. The molecule has 0 fully saturated rings. The van der Waals surface area contributed by atoms with Crippen molar-refractivity contribution in [2.75, 3.05) is 12.9 Å². The number of carbonyl (C=O) groups is 1. The number of aromatic nitrogens is 4. The highest BCUT2D eigenvalue weighted by Gasteiger charge is 2.19. The molecule has 0 aliphatic heterocycles. The maximum atomic E-state index is 12.6. The average Bonchev–Trinajstić information content (AvgIpc) is 2.95. The Morgan fingerprint density at radius 1 is 1.21 bits per heavy atom. The molecule has 0 aliphatic carbocycles. The van der Waals surface area contributed by atoms with Crippen molar-refractivity contribution in [2.45, 2.75) is 37.9 Å². The number of ether oxygens (including phenoxy) is 1. The van der Waals surface area contributed by atoms with Crippen molar-refractivity contribution in [2.24, 2.45) is 14.1 Å². The van der Waals surface area contributed by atoms with Crippen LogP contribution in [-0.2, 0) is 30.2 Å². The third kappa shape index (κ3) is 3.40. The maximum absolute atomic E-state index is 12.6. The van der Waals surface area contributed by atoms with E-state index in [1.165, 1.54) is 30.5 Å². The van der Waals surface area contributed by atoms with Crippen LogP contribution in [0.3, 0.4) is 0 Å². The zero-order valence-electron chi connectivity index (χ0n) is 14.4. The lowest BCUT2D eigenvalue weighted by Crippen LogP contribution is -2.37. The monoisotopic (exact) mass is 354 g/mol. The summed E-state index contributed by atoms with van der Waals surface area (Å²) >= 11 is 1.21. The molecule has 0 aliphatic rings. The van der Waals surface area contributed by atoms with Crippen molar-refractivity contribution in [3.05, 3.63) is 20.8 Å². The van der Waals surface area contributed by atoms with Crippen LogP contribution in [0.2, 0.25) is 0 Å². The number of hydrogen-bond donors (Lipinski definition) is 0. The minimum absolute atomic E-state index is 0.0991. The second-order valence-electron chi connectivity index (χ2n) is 5.50. The number of thioether (sulfide) groups is 1. The molecular formula is C15H22N4O4S. The van der Waals surface area contributed by atoms with Crippen LogP contribution in [0.5, 0.6) is 0 Å². The molecule has 0 bridgehead atoms. The zero-order valence-corrected chi connectivity index (χ0v) is 15.2. The number of methoxy groups -OCH3 is 1. The Hall–Kier alpha value is -2.03. The van der Waals surface area contributed by atoms with Crippen molar-refractivity contribution >= 4 is 28.9 Å². The van der Waals surface area contributed by atoms with Crippen molar-refractivity contribution in [3.63, 3.8) is 0 Å². The van der Waals surface area contributed by atoms with Gasteiger partial charge in [-0.3, -0.25) is 18.7 Å². The van der Waals surface area contributed by atoms with E-state index in [0.29, 0.717) is 22.9 Å². The van der Waals surface area contributed by atoms with E-state index < -0.39 is 5.69 Å². The second kappa shape index (κ2) is 7.69. The number of fused-ring (bicyclic) bond motifs is 1. The zero-order chi connectivity index (χ0) is 17.9. The number of esters is 1. The molecule has 2 rings (SSSR count). The van der Waals surface area contributed by atoms with E-state index in [9.17, 15) is 14.4 Å². The van der Waals surface area contributed by atoms with Crippen LogP contribution in [0.4, 0.5) is 0 Å². The summed E-state index contributed by atoms with van der Waals surface area (Å²) in [5.41, 5.74) is -0.0627. The molecule has 24 heavy (non-hydrogen) atoms. The molecule has 0 spiro atoms. The van der Waals surface area contributed by atoms with Crippen molar-refractivity contribution < 1.29 is 9.53 Å².